The number of benzene rings is 2. The molecule has 0 radical (unpaired) electrons. The number of hydrogen-bond acceptors (Lipinski definition) is 5. The lowest BCUT2D eigenvalue weighted by Gasteiger charge is -2.14. The Bertz CT molecular complexity index is 787. The van der Waals surface area contributed by atoms with Gasteiger partial charge >= 0.3 is 0 Å². The van der Waals surface area contributed by atoms with Gasteiger partial charge in [0.05, 0.1) is 6.54 Å². The van der Waals surface area contributed by atoms with Crippen LogP contribution in [-0.2, 0) is 13.1 Å². The van der Waals surface area contributed by atoms with E-state index in [1.54, 1.807) is 11.8 Å². The summed E-state index contributed by atoms with van der Waals surface area (Å²) >= 11 is 7.64. The highest BCUT2D eigenvalue weighted by Crippen LogP contribution is 2.19. The largest absolute Gasteiger partial charge is 0.338 e. The van der Waals surface area contributed by atoms with Crippen molar-refractivity contribution in [3.05, 3.63) is 65.0 Å². The van der Waals surface area contributed by atoms with Gasteiger partial charge in [0.15, 0.2) is 0 Å². The zero-order chi connectivity index (χ0) is 16.9. The van der Waals surface area contributed by atoms with Gasteiger partial charge in [0, 0.05) is 22.0 Å². The Morgan fingerprint density at radius 1 is 1.04 bits per heavy atom. The highest BCUT2D eigenvalue weighted by atomic mass is 35.5. The average Bonchev–Trinajstić information content (AvgIpc) is 3.04. The normalized spacial score (nSPS) is 11.2. The van der Waals surface area contributed by atoms with Gasteiger partial charge in [0.1, 0.15) is 0 Å². The summed E-state index contributed by atoms with van der Waals surface area (Å²) in [5.74, 6) is 1.18. The minimum absolute atomic E-state index is 0.583. The van der Waals surface area contributed by atoms with Gasteiger partial charge in [-0.05, 0) is 55.3 Å². The molecule has 3 aromatic rings. The van der Waals surface area contributed by atoms with Crippen LogP contribution in [0, 0.1) is 0 Å². The van der Waals surface area contributed by atoms with E-state index in [0.717, 1.165) is 12.1 Å². The minimum atomic E-state index is 0.583. The topological polar surface area (TPSA) is 42.2 Å². The average molecular weight is 360 g/mol. The molecule has 0 spiro atoms. The molecule has 0 aliphatic carbocycles. The van der Waals surface area contributed by atoms with Crippen LogP contribution in [-0.4, -0.2) is 28.3 Å². The molecule has 0 saturated heterocycles. The van der Waals surface area contributed by atoms with Gasteiger partial charge in [0.25, 0.3) is 0 Å². The lowest BCUT2D eigenvalue weighted by molar-refractivity contribution is 0.261. The van der Waals surface area contributed by atoms with E-state index < -0.39 is 0 Å². The fourth-order valence-electron chi connectivity index (χ4n) is 2.36. The molecule has 2 aromatic carbocycles. The van der Waals surface area contributed by atoms with Crippen molar-refractivity contribution in [1.29, 1.82) is 0 Å². The quantitative estimate of drug-likeness (QED) is 0.594. The SMILES string of the molecule is CSc1ccc(CN(C)Cc2nc(-c3ccc(Cl)cc3)no2)cc1. The summed E-state index contributed by atoms with van der Waals surface area (Å²) in [4.78, 5) is 7.87. The second-order valence-corrected chi connectivity index (χ2v) is 6.86. The number of rotatable bonds is 6. The van der Waals surface area contributed by atoms with Gasteiger partial charge in [-0.3, -0.25) is 4.90 Å². The summed E-state index contributed by atoms with van der Waals surface area (Å²) in [5.41, 5.74) is 2.15. The Kier molecular flexibility index (Phi) is 5.56. The van der Waals surface area contributed by atoms with Crippen LogP contribution in [0.2, 0.25) is 5.02 Å². The molecule has 0 saturated carbocycles. The molecule has 3 rings (SSSR count). The minimum Gasteiger partial charge on any atom is -0.338 e. The molecule has 0 aliphatic rings. The molecule has 0 unspecified atom stereocenters. The Morgan fingerprint density at radius 3 is 2.42 bits per heavy atom. The summed E-state index contributed by atoms with van der Waals surface area (Å²) in [5, 5.41) is 4.73. The molecule has 0 fully saturated rings. The molecule has 124 valence electrons. The van der Waals surface area contributed by atoms with Crippen LogP contribution in [0.25, 0.3) is 11.4 Å². The Hall–Kier alpha value is -1.82. The van der Waals surface area contributed by atoms with Crippen LogP contribution in [0.1, 0.15) is 11.5 Å². The van der Waals surface area contributed by atoms with Crippen molar-refractivity contribution in [2.24, 2.45) is 0 Å². The Balaban J connectivity index is 1.62. The first-order chi connectivity index (χ1) is 11.6. The summed E-state index contributed by atoms with van der Waals surface area (Å²) in [6.45, 7) is 1.43. The van der Waals surface area contributed by atoms with Crippen molar-refractivity contribution < 1.29 is 4.52 Å². The predicted octanol–water partition coefficient (Wildman–Crippen LogP) is 4.74. The molecule has 24 heavy (non-hydrogen) atoms. The van der Waals surface area contributed by atoms with E-state index in [2.05, 4.69) is 45.6 Å². The third kappa shape index (κ3) is 4.38. The third-order valence-electron chi connectivity index (χ3n) is 3.59. The third-order valence-corrected chi connectivity index (χ3v) is 4.58. The lowest BCUT2D eigenvalue weighted by Crippen LogP contribution is -2.17. The van der Waals surface area contributed by atoms with Crippen LogP contribution in [0.15, 0.2) is 57.9 Å². The van der Waals surface area contributed by atoms with Gasteiger partial charge in [-0.2, -0.15) is 4.98 Å². The zero-order valence-electron chi connectivity index (χ0n) is 13.6. The number of aromatic nitrogens is 2. The summed E-state index contributed by atoms with van der Waals surface area (Å²) in [6, 6.07) is 16.0. The first-order valence-electron chi connectivity index (χ1n) is 7.54. The highest BCUT2D eigenvalue weighted by Gasteiger charge is 2.11. The van der Waals surface area contributed by atoms with E-state index in [0.29, 0.717) is 23.3 Å². The molecule has 6 heteroatoms. The monoisotopic (exact) mass is 359 g/mol. The number of hydrogen-bond donors (Lipinski definition) is 0. The molecular weight excluding hydrogens is 342 g/mol. The number of nitrogens with zero attached hydrogens (tertiary/aromatic N) is 3. The molecule has 0 N–H and O–H groups in total. The number of halogens is 1. The molecule has 0 atom stereocenters. The van der Waals surface area contributed by atoms with Crippen molar-refractivity contribution >= 4 is 23.4 Å². The standard InChI is InChI=1S/C18H18ClN3OS/c1-22(11-13-3-9-16(24-2)10-4-13)12-17-20-18(21-23-17)14-5-7-15(19)8-6-14/h3-10H,11-12H2,1-2H3. The van der Waals surface area contributed by atoms with Gasteiger partial charge in [-0.25, -0.2) is 0 Å². The maximum atomic E-state index is 5.90. The molecule has 0 bridgehead atoms. The predicted molar refractivity (Wildman–Crippen MR) is 98.1 cm³/mol. The molecule has 4 nitrogen and oxygen atoms in total. The lowest BCUT2D eigenvalue weighted by atomic mass is 10.2. The van der Waals surface area contributed by atoms with E-state index in [9.17, 15) is 0 Å². The van der Waals surface area contributed by atoms with Gasteiger partial charge in [-0.1, -0.05) is 28.9 Å². The van der Waals surface area contributed by atoms with E-state index in [4.69, 9.17) is 16.1 Å². The summed E-state index contributed by atoms with van der Waals surface area (Å²) in [7, 11) is 2.04. The second kappa shape index (κ2) is 7.83. The van der Waals surface area contributed by atoms with E-state index >= 15 is 0 Å². The van der Waals surface area contributed by atoms with Crippen LogP contribution in [0.4, 0.5) is 0 Å². The van der Waals surface area contributed by atoms with E-state index in [1.165, 1.54) is 10.5 Å². The van der Waals surface area contributed by atoms with Gasteiger partial charge in [0.2, 0.25) is 11.7 Å². The Labute approximate surface area is 150 Å². The zero-order valence-corrected chi connectivity index (χ0v) is 15.1. The smallest absolute Gasteiger partial charge is 0.241 e. The van der Waals surface area contributed by atoms with E-state index in [1.807, 2.05) is 31.3 Å². The molecular formula is C18H18ClN3OS. The number of thioether (sulfide) groups is 1. The molecule has 0 aliphatic heterocycles. The van der Waals surface area contributed by atoms with Crippen molar-refractivity contribution in [1.82, 2.24) is 15.0 Å². The summed E-state index contributed by atoms with van der Waals surface area (Å²) < 4.78 is 5.36. The molecule has 0 amide bonds. The van der Waals surface area contributed by atoms with Gasteiger partial charge in [-0.15, -0.1) is 11.8 Å². The van der Waals surface area contributed by atoms with Crippen molar-refractivity contribution in [2.45, 2.75) is 18.0 Å². The van der Waals surface area contributed by atoms with E-state index in [-0.39, 0.29) is 0 Å². The van der Waals surface area contributed by atoms with Crippen molar-refractivity contribution in [3.8, 4) is 11.4 Å². The fraction of sp³-hybridized carbons (Fsp3) is 0.222. The fourth-order valence-corrected chi connectivity index (χ4v) is 2.90. The van der Waals surface area contributed by atoms with Crippen molar-refractivity contribution in [2.75, 3.05) is 13.3 Å². The first kappa shape index (κ1) is 17.0. The van der Waals surface area contributed by atoms with Gasteiger partial charge < -0.3 is 4.52 Å². The summed E-state index contributed by atoms with van der Waals surface area (Å²) in [6.07, 6.45) is 2.08. The van der Waals surface area contributed by atoms with Crippen molar-refractivity contribution in [3.63, 3.8) is 0 Å². The maximum Gasteiger partial charge on any atom is 0.241 e. The molecule has 1 heterocycles. The first-order valence-corrected chi connectivity index (χ1v) is 9.14. The Morgan fingerprint density at radius 2 is 1.75 bits per heavy atom. The maximum absolute atomic E-state index is 5.90. The second-order valence-electron chi connectivity index (χ2n) is 5.54. The van der Waals surface area contributed by atoms with Crippen LogP contribution in [0.5, 0.6) is 0 Å². The van der Waals surface area contributed by atoms with Crippen LogP contribution in [0.3, 0.4) is 0 Å². The highest BCUT2D eigenvalue weighted by molar-refractivity contribution is 7.98. The van der Waals surface area contributed by atoms with Crippen LogP contribution >= 0.6 is 23.4 Å². The molecule has 1 aromatic heterocycles. The van der Waals surface area contributed by atoms with Crippen LogP contribution < -0.4 is 0 Å².